The number of hydrogen-bond donors (Lipinski definition) is 1. The van der Waals surface area contributed by atoms with Crippen LogP contribution in [0, 0.1) is 17.5 Å². The summed E-state index contributed by atoms with van der Waals surface area (Å²) < 4.78 is 63.5. The molecule has 0 fully saturated rings. The van der Waals surface area contributed by atoms with E-state index in [9.17, 15) is 22.0 Å². The van der Waals surface area contributed by atoms with E-state index in [1.165, 1.54) is 0 Å². The van der Waals surface area contributed by atoms with Crippen LogP contribution in [0.1, 0.15) is 5.56 Å². The first-order chi connectivity index (χ1) is 6.38. The third kappa shape index (κ3) is 1.84. The molecule has 1 rings (SSSR count). The van der Waals surface area contributed by atoms with Crippen LogP contribution < -0.4 is 5.73 Å². The maximum absolute atomic E-state index is 12.8. The molecule has 14 heavy (non-hydrogen) atoms. The zero-order chi connectivity index (χ0) is 10.9. The molecule has 0 aliphatic carbocycles. The van der Waals surface area contributed by atoms with E-state index in [0.29, 0.717) is 0 Å². The second kappa shape index (κ2) is 3.53. The van der Waals surface area contributed by atoms with Crippen molar-refractivity contribution >= 4 is 0 Å². The molecule has 1 nitrogen and oxygen atoms in total. The van der Waals surface area contributed by atoms with E-state index in [4.69, 9.17) is 0 Å². The van der Waals surface area contributed by atoms with Crippen LogP contribution in [-0.4, -0.2) is 6.54 Å². The van der Waals surface area contributed by atoms with Crippen LogP contribution in [0.4, 0.5) is 22.0 Å². The van der Waals surface area contributed by atoms with Gasteiger partial charge in [-0.05, 0) is 0 Å². The molecule has 0 spiro atoms. The van der Waals surface area contributed by atoms with Gasteiger partial charge in [0.15, 0.2) is 0 Å². The van der Waals surface area contributed by atoms with E-state index in [2.05, 4.69) is 5.73 Å². The number of hydrogen-bond acceptors (Lipinski definition) is 1. The lowest BCUT2D eigenvalue weighted by atomic mass is 10.1. The molecule has 1 aromatic carbocycles. The fourth-order valence-corrected chi connectivity index (χ4v) is 0.994. The summed E-state index contributed by atoms with van der Waals surface area (Å²) in [6.45, 7) is -1.24. The zero-order valence-corrected chi connectivity index (χ0v) is 6.83. The normalized spacial score (nSPS) is 11.9. The maximum Gasteiger partial charge on any atom is 0.290 e. The van der Waals surface area contributed by atoms with Crippen LogP contribution in [0.2, 0.25) is 0 Å². The van der Waals surface area contributed by atoms with Gasteiger partial charge >= 0.3 is 0 Å². The maximum atomic E-state index is 12.8. The Morgan fingerprint density at radius 3 is 1.86 bits per heavy atom. The van der Waals surface area contributed by atoms with Gasteiger partial charge in [0.05, 0.1) is 12.1 Å². The van der Waals surface area contributed by atoms with Gasteiger partial charge in [-0.15, -0.1) is 0 Å². The van der Waals surface area contributed by atoms with Crippen molar-refractivity contribution in [3.05, 3.63) is 35.1 Å². The number of alkyl halides is 2. The molecule has 0 amide bonds. The molecular weight excluding hydrogens is 205 g/mol. The van der Waals surface area contributed by atoms with Gasteiger partial charge in [-0.2, -0.15) is 8.78 Å². The van der Waals surface area contributed by atoms with Crippen LogP contribution in [0.3, 0.4) is 0 Å². The average Bonchev–Trinajstić information content (AvgIpc) is 2.01. The molecule has 0 unspecified atom stereocenters. The Labute approximate surface area is 76.3 Å². The van der Waals surface area contributed by atoms with E-state index in [-0.39, 0.29) is 12.1 Å². The molecule has 0 heterocycles. The van der Waals surface area contributed by atoms with Crippen molar-refractivity contribution in [1.29, 1.82) is 0 Å². The first kappa shape index (κ1) is 10.9. The Balaban J connectivity index is 3.35. The van der Waals surface area contributed by atoms with Gasteiger partial charge in [-0.3, -0.25) is 0 Å². The highest BCUT2D eigenvalue weighted by Gasteiger charge is 2.36. The highest BCUT2D eigenvalue weighted by atomic mass is 19.3. The Morgan fingerprint density at radius 2 is 1.50 bits per heavy atom. The van der Waals surface area contributed by atoms with Gasteiger partial charge in [0.1, 0.15) is 17.5 Å². The summed E-state index contributed by atoms with van der Waals surface area (Å²) in [5, 5.41) is 0. The van der Waals surface area contributed by atoms with E-state index >= 15 is 0 Å². The Kier molecular flexibility index (Phi) is 2.75. The molecular formula is C8H6F5N. The molecule has 0 bridgehead atoms. The van der Waals surface area contributed by atoms with Crippen molar-refractivity contribution in [2.24, 2.45) is 5.73 Å². The zero-order valence-electron chi connectivity index (χ0n) is 6.83. The van der Waals surface area contributed by atoms with Crippen LogP contribution in [0.5, 0.6) is 0 Å². The lowest BCUT2D eigenvalue weighted by molar-refractivity contribution is -0.00150. The van der Waals surface area contributed by atoms with E-state index in [0.717, 1.165) is 0 Å². The molecule has 6 heteroatoms. The Morgan fingerprint density at radius 1 is 1.07 bits per heavy atom. The van der Waals surface area contributed by atoms with E-state index < -0.39 is 35.5 Å². The quantitative estimate of drug-likeness (QED) is 0.745. The summed E-state index contributed by atoms with van der Waals surface area (Å²) in [4.78, 5) is 0. The Hall–Kier alpha value is -1.17. The first-order valence-corrected chi connectivity index (χ1v) is 3.61. The lowest BCUT2D eigenvalue weighted by Crippen LogP contribution is -2.27. The molecule has 0 aliphatic rings. The molecule has 78 valence electrons. The Bertz CT molecular complexity index is 327. The van der Waals surface area contributed by atoms with Crippen molar-refractivity contribution in [3.8, 4) is 0 Å². The molecule has 0 saturated heterocycles. The summed E-state index contributed by atoms with van der Waals surface area (Å²) in [5.41, 5.74) is 3.14. The number of benzene rings is 1. The molecule has 0 atom stereocenters. The summed E-state index contributed by atoms with van der Waals surface area (Å²) in [7, 11) is 0. The molecule has 0 aromatic heterocycles. The molecule has 2 N–H and O–H groups in total. The highest BCUT2D eigenvalue weighted by Crippen LogP contribution is 2.31. The number of rotatable bonds is 2. The predicted octanol–water partition coefficient (Wildman–Crippen LogP) is 2.15. The van der Waals surface area contributed by atoms with Crippen molar-refractivity contribution in [2.45, 2.75) is 5.92 Å². The summed E-state index contributed by atoms with van der Waals surface area (Å²) >= 11 is 0. The summed E-state index contributed by atoms with van der Waals surface area (Å²) in [6.07, 6.45) is 0. The van der Waals surface area contributed by atoms with Gasteiger partial charge in [0, 0.05) is 12.1 Å². The highest BCUT2D eigenvalue weighted by molar-refractivity contribution is 5.25. The number of nitrogens with two attached hydrogens (primary N) is 1. The largest absolute Gasteiger partial charge is 0.325 e. The van der Waals surface area contributed by atoms with Crippen molar-refractivity contribution < 1.29 is 22.0 Å². The molecule has 0 radical (unpaired) electrons. The van der Waals surface area contributed by atoms with Gasteiger partial charge in [-0.1, -0.05) is 0 Å². The van der Waals surface area contributed by atoms with Crippen LogP contribution in [0.25, 0.3) is 0 Å². The van der Waals surface area contributed by atoms with Gasteiger partial charge < -0.3 is 5.73 Å². The van der Waals surface area contributed by atoms with E-state index in [1.54, 1.807) is 0 Å². The van der Waals surface area contributed by atoms with Crippen LogP contribution >= 0.6 is 0 Å². The SMILES string of the molecule is NCC(F)(F)c1c(F)cc(F)cc1F. The van der Waals surface area contributed by atoms with Gasteiger partial charge in [0.25, 0.3) is 5.92 Å². The van der Waals surface area contributed by atoms with E-state index in [1.807, 2.05) is 0 Å². The predicted molar refractivity (Wildman–Crippen MR) is 39.3 cm³/mol. The van der Waals surface area contributed by atoms with Gasteiger partial charge in [-0.25, -0.2) is 13.2 Å². The third-order valence-corrected chi connectivity index (χ3v) is 1.63. The monoisotopic (exact) mass is 211 g/mol. The average molecular weight is 211 g/mol. The van der Waals surface area contributed by atoms with Crippen molar-refractivity contribution in [3.63, 3.8) is 0 Å². The lowest BCUT2D eigenvalue weighted by Gasteiger charge is -2.15. The summed E-state index contributed by atoms with van der Waals surface area (Å²) in [6, 6.07) is 0.365. The fraction of sp³-hybridized carbons (Fsp3) is 0.250. The van der Waals surface area contributed by atoms with Crippen LogP contribution in [-0.2, 0) is 5.92 Å². The van der Waals surface area contributed by atoms with Gasteiger partial charge in [0.2, 0.25) is 0 Å². The van der Waals surface area contributed by atoms with Crippen molar-refractivity contribution in [1.82, 2.24) is 0 Å². The summed E-state index contributed by atoms with van der Waals surface area (Å²) in [5.74, 6) is -8.37. The second-order valence-corrected chi connectivity index (χ2v) is 2.65. The number of halogens is 5. The third-order valence-electron chi connectivity index (χ3n) is 1.63. The topological polar surface area (TPSA) is 26.0 Å². The minimum atomic E-state index is -3.83. The smallest absolute Gasteiger partial charge is 0.290 e. The molecule has 0 aliphatic heterocycles. The first-order valence-electron chi connectivity index (χ1n) is 3.61. The van der Waals surface area contributed by atoms with Crippen molar-refractivity contribution in [2.75, 3.05) is 6.54 Å². The minimum absolute atomic E-state index is 0.183. The minimum Gasteiger partial charge on any atom is -0.325 e. The van der Waals surface area contributed by atoms with Crippen LogP contribution in [0.15, 0.2) is 12.1 Å². The second-order valence-electron chi connectivity index (χ2n) is 2.65. The molecule has 0 saturated carbocycles. The standard InChI is InChI=1S/C8H6F5N/c9-4-1-5(10)7(6(11)2-4)8(12,13)3-14/h1-2H,3,14H2. The fourth-order valence-electron chi connectivity index (χ4n) is 0.994. The molecule has 1 aromatic rings.